The normalized spacial score (nSPS) is 18.0. The third kappa shape index (κ3) is 2.84. The summed E-state index contributed by atoms with van der Waals surface area (Å²) in [7, 11) is 0. The van der Waals surface area contributed by atoms with Gasteiger partial charge in [0.15, 0.2) is 0 Å². The third-order valence-electron chi connectivity index (χ3n) is 4.00. The average Bonchev–Trinajstić information content (AvgIpc) is 3.01. The molecule has 0 radical (unpaired) electrons. The summed E-state index contributed by atoms with van der Waals surface area (Å²) >= 11 is 0. The summed E-state index contributed by atoms with van der Waals surface area (Å²) in [5.74, 6) is -0.0299. The first-order valence-corrected chi connectivity index (χ1v) is 6.55. The van der Waals surface area contributed by atoms with Gasteiger partial charge < -0.3 is 10.6 Å². The minimum atomic E-state index is -0.0299. The molecule has 1 unspecified atom stereocenters. The molecule has 1 aliphatic carbocycles. The van der Waals surface area contributed by atoms with Gasteiger partial charge in [-0.3, -0.25) is 4.79 Å². The topological polar surface area (TPSA) is 41.1 Å². The maximum absolute atomic E-state index is 11.0. The highest BCUT2D eigenvalue weighted by Gasteiger charge is 2.42. The Kier molecular flexibility index (Phi) is 3.33. The van der Waals surface area contributed by atoms with E-state index in [0.717, 1.165) is 16.9 Å². The Bertz CT molecular complexity index is 464. The fourth-order valence-corrected chi connectivity index (χ4v) is 2.14. The molecule has 1 atom stereocenters. The molecule has 2 rings (SSSR count). The van der Waals surface area contributed by atoms with Crippen molar-refractivity contribution in [2.75, 3.05) is 10.6 Å². The molecule has 0 aliphatic heterocycles. The summed E-state index contributed by atoms with van der Waals surface area (Å²) in [6.45, 7) is 8.11. The van der Waals surface area contributed by atoms with Crippen LogP contribution in [0.5, 0.6) is 0 Å². The zero-order chi connectivity index (χ0) is 13.3. The zero-order valence-corrected chi connectivity index (χ0v) is 11.6. The van der Waals surface area contributed by atoms with Crippen LogP contribution in [0.3, 0.4) is 0 Å². The second-order valence-corrected chi connectivity index (χ2v) is 5.73. The first-order valence-electron chi connectivity index (χ1n) is 6.55. The van der Waals surface area contributed by atoms with Gasteiger partial charge in [-0.15, -0.1) is 0 Å². The number of carbonyl (C=O) groups excluding carboxylic acids is 1. The van der Waals surface area contributed by atoms with Crippen LogP contribution in [0.1, 0.15) is 39.2 Å². The molecule has 3 nitrogen and oxygen atoms in total. The fourth-order valence-electron chi connectivity index (χ4n) is 2.14. The van der Waals surface area contributed by atoms with E-state index in [-0.39, 0.29) is 5.91 Å². The fraction of sp³-hybridized carbons (Fsp3) is 0.533. The van der Waals surface area contributed by atoms with Gasteiger partial charge in [-0.05, 0) is 55.9 Å². The minimum absolute atomic E-state index is 0.0299. The van der Waals surface area contributed by atoms with Crippen LogP contribution in [0.4, 0.5) is 11.4 Å². The number of carbonyl (C=O) groups is 1. The van der Waals surface area contributed by atoms with Crippen LogP contribution in [0.15, 0.2) is 18.2 Å². The molecule has 0 saturated heterocycles. The molecule has 3 heteroatoms. The van der Waals surface area contributed by atoms with Crippen molar-refractivity contribution in [1.82, 2.24) is 0 Å². The van der Waals surface area contributed by atoms with Crippen molar-refractivity contribution in [3.8, 4) is 0 Å². The summed E-state index contributed by atoms with van der Waals surface area (Å²) < 4.78 is 0. The van der Waals surface area contributed by atoms with Crippen LogP contribution in [-0.2, 0) is 4.79 Å². The molecule has 18 heavy (non-hydrogen) atoms. The highest BCUT2D eigenvalue weighted by Crippen LogP contribution is 2.48. The maximum atomic E-state index is 11.0. The van der Waals surface area contributed by atoms with E-state index in [9.17, 15) is 4.79 Å². The van der Waals surface area contributed by atoms with Crippen LogP contribution in [0.2, 0.25) is 0 Å². The largest absolute Gasteiger partial charge is 0.382 e. The number of anilines is 2. The molecule has 0 bridgehead atoms. The smallest absolute Gasteiger partial charge is 0.221 e. The number of benzene rings is 1. The van der Waals surface area contributed by atoms with Gasteiger partial charge in [0, 0.05) is 24.3 Å². The molecule has 1 aliphatic rings. The first kappa shape index (κ1) is 12.9. The van der Waals surface area contributed by atoms with E-state index in [4.69, 9.17) is 0 Å². The molecule has 1 aromatic rings. The molecule has 0 spiro atoms. The Labute approximate surface area is 109 Å². The number of hydrogen-bond acceptors (Lipinski definition) is 2. The van der Waals surface area contributed by atoms with E-state index in [1.54, 1.807) is 0 Å². The van der Waals surface area contributed by atoms with Crippen molar-refractivity contribution < 1.29 is 4.79 Å². The standard InChI is InChI=1S/C15H22N2O/c1-10-9-13(5-6-14(10)17-12(3)18)16-11(2)15(4)7-8-15/h5-6,9,11,16H,7-8H2,1-4H3,(H,17,18). The maximum Gasteiger partial charge on any atom is 0.221 e. The number of aryl methyl sites for hydroxylation is 1. The number of rotatable bonds is 4. The van der Waals surface area contributed by atoms with Crippen LogP contribution in [0.25, 0.3) is 0 Å². The SMILES string of the molecule is CC(=O)Nc1ccc(NC(C)C2(C)CC2)cc1C. The lowest BCUT2D eigenvalue weighted by Crippen LogP contribution is -2.24. The van der Waals surface area contributed by atoms with E-state index in [0.29, 0.717) is 11.5 Å². The van der Waals surface area contributed by atoms with E-state index in [2.05, 4.69) is 30.5 Å². The van der Waals surface area contributed by atoms with E-state index in [1.165, 1.54) is 19.8 Å². The van der Waals surface area contributed by atoms with Gasteiger partial charge in [0.05, 0.1) is 0 Å². The summed E-state index contributed by atoms with van der Waals surface area (Å²) in [5.41, 5.74) is 3.56. The van der Waals surface area contributed by atoms with E-state index >= 15 is 0 Å². The Morgan fingerprint density at radius 2 is 2.06 bits per heavy atom. The molecule has 1 aromatic carbocycles. The van der Waals surface area contributed by atoms with Crippen molar-refractivity contribution in [1.29, 1.82) is 0 Å². The molecule has 2 N–H and O–H groups in total. The van der Waals surface area contributed by atoms with Gasteiger partial charge >= 0.3 is 0 Å². The van der Waals surface area contributed by atoms with Crippen LogP contribution < -0.4 is 10.6 Å². The van der Waals surface area contributed by atoms with E-state index < -0.39 is 0 Å². The Morgan fingerprint density at radius 3 is 2.56 bits per heavy atom. The first-order chi connectivity index (χ1) is 8.40. The van der Waals surface area contributed by atoms with Gasteiger partial charge in [0.1, 0.15) is 0 Å². The van der Waals surface area contributed by atoms with Gasteiger partial charge in [0.2, 0.25) is 5.91 Å². The summed E-state index contributed by atoms with van der Waals surface area (Å²) in [6.07, 6.45) is 2.62. The molecular weight excluding hydrogens is 224 g/mol. The second-order valence-electron chi connectivity index (χ2n) is 5.73. The lowest BCUT2D eigenvalue weighted by molar-refractivity contribution is -0.114. The van der Waals surface area contributed by atoms with Crippen LogP contribution >= 0.6 is 0 Å². The average molecular weight is 246 g/mol. The number of hydrogen-bond donors (Lipinski definition) is 2. The Balaban J connectivity index is 2.06. The Hall–Kier alpha value is -1.51. The summed E-state index contributed by atoms with van der Waals surface area (Å²) in [6, 6.07) is 6.57. The lowest BCUT2D eigenvalue weighted by atomic mass is 10.0. The minimum Gasteiger partial charge on any atom is -0.382 e. The van der Waals surface area contributed by atoms with Crippen LogP contribution in [0, 0.1) is 12.3 Å². The summed E-state index contributed by atoms with van der Waals surface area (Å²) in [5, 5.41) is 6.38. The van der Waals surface area contributed by atoms with Crippen molar-refractivity contribution in [3.63, 3.8) is 0 Å². The van der Waals surface area contributed by atoms with Crippen LogP contribution in [-0.4, -0.2) is 11.9 Å². The van der Waals surface area contributed by atoms with Crippen molar-refractivity contribution in [3.05, 3.63) is 23.8 Å². The molecule has 1 amide bonds. The van der Waals surface area contributed by atoms with Gasteiger partial charge in [0.25, 0.3) is 0 Å². The van der Waals surface area contributed by atoms with E-state index in [1.807, 2.05) is 19.1 Å². The molecule has 0 heterocycles. The molecule has 98 valence electrons. The van der Waals surface area contributed by atoms with Crippen molar-refractivity contribution >= 4 is 17.3 Å². The molecule has 0 aromatic heterocycles. The quantitative estimate of drug-likeness (QED) is 0.853. The second kappa shape index (κ2) is 4.63. The van der Waals surface area contributed by atoms with Crippen molar-refractivity contribution in [2.45, 2.75) is 46.6 Å². The van der Waals surface area contributed by atoms with Crippen molar-refractivity contribution in [2.24, 2.45) is 5.41 Å². The highest BCUT2D eigenvalue weighted by atomic mass is 16.1. The van der Waals surface area contributed by atoms with Gasteiger partial charge in [-0.25, -0.2) is 0 Å². The third-order valence-corrected chi connectivity index (χ3v) is 4.00. The predicted octanol–water partition coefficient (Wildman–Crippen LogP) is 3.55. The molecular formula is C15H22N2O. The predicted molar refractivity (Wildman–Crippen MR) is 75.9 cm³/mol. The zero-order valence-electron chi connectivity index (χ0n) is 11.6. The molecule has 1 fully saturated rings. The monoisotopic (exact) mass is 246 g/mol. The van der Waals surface area contributed by atoms with Gasteiger partial charge in [-0.2, -0.15) is 0 Å². The lowest BCUT2D eigenvalue weighted by Gasteiger charge is -2.22. The highest BCUT2D eigenvalue weighted by molar-refractivity contribution is 5.89. The number of nitrogens with one attached hydrogen (secondary N) is 2. The van der Waals surface area contributed by atoms with Gasteiger partial charge in [-0.1, -0.05) is 6.92 Å². The molecule has 1 saturated carbocycles. The summed E-state index contributed by atoms with van der Waals surface area (Å²) in [4.78, 5) is 11.0. The number of amides is 1. The Morgan fingerprint density at radius 1 is 1.39 bits per heavy atom.